The Bertz CT molecular complexity index is 533. The number of aromatic nitrogens is 1. The van der Waals surface area contributed by atoms with Crippen molar-refractivity contribution >= 4 is 17.2 Å². The average molecular weight is 278 g/mol. The Morgan fingerprint density at radius 3 is 2.53 bits per heavy atom. The molecule has 0 radical (unpaired) electrons. The normalized spacial score (nSPS) is 10.0. The van der Waals surface area contributed by atoms with Crippen molar-refractivity contribution < 1.29 is 14.3 Å². The van der Waals surface area contributed by atoms with Gasteiger partial charge in [0.05, 0.1) is 20.8 Å². The first-order valence-corrected chi connectivity index (χ1v) is 6.51. The molecule has 0 unspecified atom stereocenters. The molecule has 6 heteroatoms. The highest BCUT2D eigenvalue weighted by atomic mass is 32.1. The second-order valence-electron chi connectivity index (χ2n) is 3.65. The van der Waals surface area contributed by atoms with Crippen molar-refractivity contribution in [3.8, 4) is 11.5 Å². The Labute approximate surface area is 115 Å². The summed E-state index contributed by atoms with van der Waals surface area (Å²) in [7, 11) is 3.04. The van der Waals surface area contributed by atoms with Crippen LogP contribution in [0.1, 0.15) is 15.4 Å². The van der Waals surface area contributed by atoms with Crippen LogP contribution >= 0.6 is 11.3 Å². The van der Waals surface area contributed by atoms with Gasteiger partial charge >= 0.3 is 0 Å². The molecule has 0 saturated heterocycles. The molecule has 0 aliphatic heterocycles. The molecule has 1 amide bonds. The second kappa shape index (κ2) is 6.19. The van der Waals surface area contributed by atoms with E-state index in [0.29, 0.717) is 23.6 Å². The molecule has 0 bridgehead atoms. The van der Waals surface area contributed by atoms with Crippen molar-refractivity contribution in [2.45, 2.75) is 6.54 Å². The SMILES string of the molecule is COc1cccc(OC)c1C(=O)NCc1nccs1. The Morgan fingerprint density at radius 1 is 1.32 bits per heavy atom. The van der Waals surface area contributed by atoms with Gasteiger partial charge in [0.1, 0.15) is 22.1 Å². The van der Waals surface area contributed by atoms with E-state index in [2.05, 4.69) is 10.3 Å². The van der Waals surface area contributed by atoms with Crippen molar-refractivity contribution in [3.63, 3.8) is 0 Å². The van der Waals surface area contributed by atoms with Crippen LogP contribution in [0.15, 0.2) is 29.8 Å². The lowest BCUT2D eigenvalue weighted by Crippen LogP contribution is -2.23. The molecule has 1 aromatic heterocycles. The number of carbonyl (C=O) groups excluding carboxylic acids is 1. The summed E-state index contributed by atoms with van der Waals surface area (Å²) >= 11 is 1.49. The number of benzene rings is 1. The lowest BCUT2D eigenvalue weighted by molar-refractivity contribution is 0.0944. The number of ether oxygens (including phenoxy) is 2. The molecule has 0 saturated carbocycles. The summed E-state index contributed by atoms with van der Waals surface area (Å²) < 4.78 is 10.4. The highest BCUT2D eigenvalue weighted by molar-refractivity contribution is 7.09. The van der Waals surface area contributed by atoms with Gasteiger partial charge in [-0.2, -0.15) is 0 Å². The number of amides is 1. The number of rotatable bonds is 5. The summed E-state index contributed by atoms with van der Waals surface area (Å²) in [5.74, 6) is 0.719. The van der Waals surface area contributed by atoms with E-state index in [-0.39, 0.29) is 5.91 Å². The maximum atomic E-state index is 12.2. The highest BCUT2D eigenvalue weighted by Gasteiger charge is 2.17. The molecule has 0 atom stereocenters. The van der Waals surface area contributed by atoms with Gasteiger partial charge in [-0.3, -0.25) is 4.79 Å². The molecule has 0 fully saturated rings. The van der Waals surface area contributed by atoms with Gasteiger partial charge in [-0.15, -0.1) is 11.3 Å². The minimum atomic E-state index is -0.246. The van der Waals surface area contributed by atoms with Crippen molar-refractivity contribution in [3.05, 3.63) is 40.3 Å². The van der Waals surface area contributed by atoms with E-state index in [1.54, 1.807) is 24.4 Å². The number of carbonyl (C=O) groups is 1. The fourth-order valence-corrected chi connectivity index (χ4v) is 2.22. The maximum Gasteiger partial charge on any atom is 0.259 e. The third-order valence-electron chi connectivity index (χ3n) is 2.54. The third-order valence-corrected chi connectivity index (χ3v) is 3.32. The Balaban J connectivity index is 2.18. The van der Waals surface area contributed by atoms with Crippen LogP contribution in [0, 0.1) is 0 Å². The van der Waals surface area contributed by atoms with Gasteiger partial charge in [-0.1, -0.05) is 6.07 Å². The molecule has 2 rings (SSSR count). The summed E-state index contributed by atoms with van der Waals surface area (Å²) in [6.07, 6.45) is 1.70. The van der Waals surface area contributed by atoms with Crippen LogP contribution in [0.25, 0.3) is 0 Å². The number of nitrogens with zero attached hydrogens (tertiary/aromatic N) is 1. The lowest BCUT2D eigenvalue weighted by atomic mass is 10.1. The zero-order chi connectivity index (χ0) is 13.7. The highest BCUT2D eigenvalue weighted by Crippen LogP contribution is 2.28. The predicted molar refractivity (Wildman–Crippen MR) is 72.8 cm³/mol. The first-order chi connectivity index (χ1) is 9.26. The first-order valence-electron chi connectivity index (χ1n) is 5.63. The third kappa shape index (κ3) is 3.03. The molecular formula is C13H14N2O3S. The zero-order valence-corrected chi connectivity index (χ0v) is 11.5. The summed E-state index contributed by atoms with van der Waals surface area (Å²) in [5.41, 5.74) is 0.393. The second-order valence-corrected chi connectivity index (χ2v) is 4.63. The molecule has 100 valence electrons. The lowest BCUT2D eigenvalue weighted by Gasteiger charge is -2.12. The molecular weight excluding hydrogens is 264 g/mol. The quantitative estimate of drug-likeness (QED) is 0.909. The van der Waals surface area contributed by atoms with E-state index in [9.17, 15) is 4.79 Å². The molecule has 5 nitrogen and oxygen atoms in total. The number of nitrogens with one attached hydrogen (secondary N) is 1. The molecule has 0 aliphatic carbocycles. The number of hydrogen-bond donors (Lipinski definition) is 1. The van der Waals surface area contributed by atoms with E-state index < -0.39 is 0 Å². The minimum absolute atomic E-state index is 0.246. The van der Waals surface area contributed by atoms with Gasteiger partial charge in [0.25, 0.3) is 5.91 Å². The van der Waals surface area contributed by atoms with Crippen LogP contribution in [-0.2, 0) is 6.54 Å². The standard InChI is InChI=1S/C13H14N2O3S/c1-17-9-4-3-5-10(18-2)12(9)13(16)15-8-11-14-6-7-19-11/h3-7H,8H2,1-2H3,(H,15,16). The van der Waals surface area contributed by atoms with E-state index in [1.807, 2.05) is 5.38 Å². The fourth-order valence-electron chi connectivity index (χ4n) is 1.66. The summed E-state index contributed by atoms with van der Waals surface area (Å²) in [4.78, 5) is 16.3. The topological polar surface area (TPSA) is 60.5 Å². The molecule has 1 N–H and O–H groups in total. The van der Waals surface area contributed by atoms with Crippen LogP contribution in [0.2, 0.25) is 0 Å². The van der Waals surface area contributed by atoms with Gasteiger partial charge in [-0.05, 0) is 12.1 Å². The molecule has 1 heterocycles. The summed E-state index contributed by atoms with van der Waals surface area (Å²) in [5, 5.41) is 5.52. The van der Waals surface area contributed by atoms with Crippen LogP contribution in [0.3, 0.4) is 0 Å². The number of hydrogen-bond acceptors (Lipinski definition) is 5. The van der Waals surface area contributed by atoms with Crippen molar-refractivity contribution in [2.24, 2.45) is 0 Å². The molecule has 2 aromatic rings. The van der Waals surface area contributed by atoms with Crippen molar-refractivity contribution in [1.82, 2.24) is 10.3 Å². The molecule has 0 spiro atoms. The zero-order valence-electron chi connectivity index (χ0n) is 10.7. The van der Waals surface area contributed by atoms with Gasteiger partial charge in [0.2, 0.25) is 0 Å². The Hall–Kier alpha value is -2.08. The Morgan fingerprint density at radius 2 is 2.00 bits per heavy atom. The molecule has 19 heavy (non-hydrogen) atoms. The first kappa shape index (κ1) is 13.4. The predicted octanol–water partition coefficient (Wildman–Crippen LogP) is 2.09. The molecule has 0 aliphatic rings. The number of methoxy groups -OCH3 is 2. The smallest absolute Gasteiger partial charge is 0.259 e. The van der Waals surface area contributed by atoms with E-state index >= 15 is 0 Å². The minimum Gasteiger partial charge on any atom is -0.496 e. The van der Waals surface area contributed by atoms with Crippen LogP contribution < -0.4 is 14.8 Å². The number of thiazole rings is 1. The monoisotopic (exact) mass is 278 g/mol. The van der Waals surface area contributed by atoms with Crippen LogP contribution in [-0.4, -0.2) is 25.1 Å². The van der Waals surface area contributed by atoms with E-state index in [1.165, 1.54) is 25.6 Å². The van der Waals surface area contributed by atoms with Crippen molar-refractivity contribution in [2.75, 3.05) is 14.2 Å². The van der Waals surface area contributed by atoms with Gasteiger partial charge in [-0.25, -0.2) is 4.98 Å². The molecule has 1 aromatic carbocycles. The average Bonchev–Trinajstić information content (AvgIpc) is 2.97. The largest absolute Gasteiger partial charge is 0.496 e. The van der Waals surface area contributed by atoms with E-state index in [0.717, 1.165) is 5.01 Å². The van der Waals surface area contributed by atoms with Gasteiger partial charge in [0, 0.05) is 11.6 Å². The summed E-state index contributed by atoms with van der Waals surface area (Å²) in [6.45, 7) is 0.387. The maximum absolute atomic E-state index is 12.2. The summed E-state index contributed by atoms with van der Waals surface area (Å²) in [6, 6.07) is 5.22. The Kier molecular flexibility index (Phi) is 4.35. The van der Waals surface area contributed by atoms with Crippen LogP contribution in [0.5, 0.6) is 11.5 Å². The van der Waals surface area contributed by atoms with Crippen LogP contribution in [0.4, 0.5) is 0 Å². The van der Waals surface area contributed by atoms with E-state index in [4.69, 9.17) is 9.47 Å². The van der Waals surface area contributed by atoms with Gasteiger partial charge in [0.15, 0.2) is 0 Å². The van der Waals surface area contributed by atoms with Crippen molar-refractivity contribution in [1.29, 1.82) is 0 Å². The fraction of sp³-hybridized carbons (Fsp3) is 0.231. The van der Waals surface area contributed by atoms with Gasteiger partial charge < -0.3 is 14.8 Å².